The molecule has 0 bridgehead atoms. The summed E-state index contributed by atoms with van der Waals surface area (Å²) in [6.07, 6.45) is 0. The van der Waals surface area contributed by atoms with Gasteiger partial charge in [0.05, 0.1) is 72.1 Å². The Hall–Kier alpha value is -12.6. The molecule has 2 aliphatic heterocycles. The van der Waals surface area contributed by atoms with Crippen molar-refractivity contribution in [3.8, 4) is 61.6 Å². The van der Waals surface area contributed by atoms with Crippen LogP contribution in [0, 0.1) is 0 Å². The van der Waals surface area contributed by atoms with Gasteiger partial charge in [-0.2, -0.15) is 0 Å². The van der Waals surface area contributed by atoms with E-state index >= 15 is 0 Å². The van der Waals surface area contributed by atoms with Gasteiger partial charge in [-0.25, -0.2) is 0 Å². The molecule has 5 nitrogen and oxygen atoms in total. The maximum Gasteiger partial charge on any atom is 0.252 e. The summed E-state index contributed by atoms with van der Waals surface area (Å²) in [6, 6.07) is 66.9. The lowest BCUT2D eigenvalue weighted by Crippen LogP contribution is -2.61. The molecular weight excluding hydrogens is 1550 g/mol. The number of rotatable bonds is 9. The van der Waals surface area contributed by atoms with Crippen LogP contribution in [0.25, 0.3) is 127 Å². The number of aromatic nitrogens is 3. The Balaban J connectivity index is 1.08. The number of nitrogens with zero attached hydrogens (tertiary/aromatic N) is 5. The summed E-state index contributed by atoms with van der Waals surface area (Å²) in [4.78, 5) is 4.85. The molecule has 0 saturated carbocycles. The van der Waals surface area contributed by atoms with Gasteiger partial charge in [0.25, 0.3) is 6.71 Å². The second-order valence-corrected chi connectivity index (χ2v) is 43.9. The maximum absolute atomic E-state index is 10.2. The Labute approximate surface area is 782 Å². The van der Waals surface area contributed by atoms with E-state index in [1.54, 1.807) is 9.13 Å². The molecule has 3 aromatic heterocycles. The van der Waals surface area contributed by atoms with E-state index in [4.69, 9.17) is 0 Å². The number of hydrogen-bond acceptors (Lipinski definition) is 2. The molecule has 2 aliphatic rings. The molecular formula is C122H122BN5. The fourth-order valence-electron chi connectivity index (χ4n) is 19.9. The van der Waals surface area contributed by atoms with Crippen molar-refractivity contribution in [3.63, 3.8) is 0 Å². The Kier molecular flexibility index (Phi) is 15.4. The van der Waals surface area contributed by atoms with E-state index in [1.165, 1.54) is 0 Å². The highest BCUT2D eigenvalue weighted by atomic mass is 15.2. The van der Waals surface area contributed by atoms with Gasteiger partial charge in [-0.3, -0.25) is 0 Å². The molecule has 0 amide bonds. The molecule has 18 aromatic rings. The van der Waals surface area contributed by atoms with E-state index in [0.29, 0.717) is 34.1 Å². The molecule has 6 heteroatoms. The predicted molar refractivity (Wildman–Crippen MR) is 555 cm³/mol. The van der Waals surface area contributed by atoms with Gasteiger partial charge < -0.3 is 23.5 Å². The zero-order chi connectivity index (χ0) is 104. The Bertz CT molecular complexity index is 8300. The smallest absolute Gasteiger partial charge is 0.252 e. The van der Waals surface area contributed by atoms with Crippen molar-refractivity contribution in [2.45, 2.75) is 209 Å². The quantitative estimate of drug-likeness (QED) is 0.134. The van der Waals surface area contributed by atoms with Crippen molar-refractivity contribution < 1.29 is 21.9 Å². The van der Waals surface area contributed by atoms with Crippen LogP contribution in [0.1, 0.15) is 233 Å². The third-order valence-electron chi connectivity index (χ3n) is 26.9. The minimum atomic E-state index is -0.876. The fraction of sp³-hybridized carbons (Fsp3) is 0.262. The summed E-state index contributed by atoms with van der Waals surface area (Å²) in [5.74, 6) is 0. The van der Waals surface area contributed by atoms with Crippen LogP contribution in [0.3, 0.4) is 0 Å². The summed E-state index contributed by atoms with van der Waals surface area (Å²) < 4.78 is 162. The summed E-state index contributed by atoms with van der Waals surface area (Å²) in [5, 5.41) is 1.73. The standard InChI is InChI=1S/C122H122BN5/c1-115(2,3)78-54-50-75(51-55-78)87-40-33-42-89(77-66-82(119(13,14)15)68-83(67-77)120(16,17)18)113(87)127-107-71-84(124-101-46-29-25-36-90(101)91-37-26-30-47-102(91)124)60-62-99(107)123-100-63-61-85(125-103-48-31-27-38-92(103)93-39-28-32-49-104(93)125)72-108(100)128(110-74-86(73-109(127)112(110)123)126-105-64-58-80(117(7,8)9)69-95(105)96-70-81(118(10,11)12)59-65-106(96)126)114-88(76-52-56-79(57-53-76)116(4,5)6)41-34-43-94(114)111-97(121(19,20)21)44-35-45-98(111)122(22,23)24/h25-74H,1-24H3/i25D,26D,27D,28D,29D,30D,31D,32D,36D,37D,38D,39D,46D,47D,48D,49D. The fourth-order valence-corrected chi connectivity index (χ4v) is 19.9. The minimum absolute atomic E-state index is 0.0593. The van der Waals surface area contributed by atoms with Crippen LogP contribution >= 0.6 is 0 Å². The van der Waals surface area contributed by atoms with Gasteiger partial charge in [-0.1, -0.05) is 384 Å². The SMILES string of the molecule is [2H]c1c([2H])c([2H])c2c(c1[2H])c1c([2H])c([2H])c([2H])c([2H])c1n2-c1ccc2c(c1)N(c1c(-c3ccc(C(C)(C)C)cc3)cccc1-c1cc(C(C)(C)C)cc(C(C)(C)C)c1)c1cc(-n3c4ccc(C(C)(C)C)cc4c4cc(C(C)(C)C)ccc43)cc3c1B2c1ccc(-n2c4c([2H])c([2H])c([2H])c([2H])c4c4c([2H])c([2H])c([2H])c([2H])c42)cc1N3c1c(-c2ccc(C(C)(C)C)cc2)cccc1-c1c(C(C)(C)C)cccc1C(C)(C)C. The van der Waals surface area contributed by atoms with Crippen LogP contribution in [0.5, 0.6) is 0 Å². The van der Waals surface area contributed by atoms with Gasteiger partial charge in [0.2, 0.25) is 0 Å². The Morgan fingerprint density at radius 2 is 0.547 bits per heavy atom. The van der Waals surface area contributed by atoms with Crippen molar-refractivity contribution in [3.05, 3.63) is 347 Å². The first-order chi connectivity index (χ1) is 67.2. The number of hydrogen-bond donors (Lipinski definition) is 0. The number of para-hydroxylation sites is 6. The molecule has 0 aliphatic carbocycles. The summed E-state index contributed by atoms with van der Waals surface area (Å²) in [7, 11) is 0. The molecule has 5 heterocycles. The first-order valence-corrected chi connectivity index (χ1v) is 45.2. The Morgan fingerprint density at radius 1 is 0.234 bits per heavy atom. The maximum atomic E-state index is 10.2. The number of fused-ring (bicyclic) bond motifs is 13. The molecule has 0 fully saturated rings. The average Bonchev–Trinajstić information content (AvgIpc) is 0.995. The minimum Gasteiger partial charge on any atom is -0.310 e. The Morgan fingerprint density at radius 3 is 0.906 bits per heavy atom. The van der Waals surface area contributed by atoms with Crippen LogP contribution in [0.2, 0.25) is 0 Å². The highest BCUT2D eigenvalue weighted by Gasteiger charge is 2.47. The first-order valence-electron chi connectivity index (χ1n) is 53.2. The third-order valence-corrected chi connectivity index (χ3v) is 26.9. The molecule has 15 aromatic carbocycles. The van der Waals surface area contributed by atoms with Crippen molar-refractivity contribution in [1.82, 2.24) is 13.7 Å². The molecule has 128 heavy (non-hydrogen) atoms. The van der Waals surface area contributed by atoms with Gasteiger partial charge in [-0.05, 0) is 211 Å². The van der Waals surface area contributed by atoms with Crippen molar-refractivity contribution in [2.75, 3.05) is 9.80 Å². The van der Waals surface area contributed by atoms with E-state index in [-0.39, 0.29) is 65.3 Å². The zero-order valence-electron chi connectivity index (χ0n) is 94.4. The molecule has 0 N–H and O–H groups in total. The van der Waals surface area contributed by atoms with E-state index in [1.807, 2.05) is 24.3 Å². The normalized spacial score (nSPS) is 15.3. The van der Waals surface area contributed by atoms with Gasteiger partial charge >= 0.3 is 0 Å². The van der Waals surface area contributed by atoms with Crippen molar-refractivity contribution in [1.29, 1.82) is 0 Å². The predicted octanol–water partition coefficient (Wildman–Crippen LogP) is 32.1. The van der Waals surface area contributed by atoms with Gasteiger partial charge in [0, 0.05) is 88.7 Å². The molecule has 638 valence electrons. The largest absolute Gasteiger partial charge is 0.310 e. The molecule has 20 rings (SSSR count). The van der Waals surface area contributed by atoms with Crippen molar-refractivity contribution in [2.24, 2.45) is 0 Å². The van der Waals surface area contributed by atoms with Crippen LogP contribution < -0.4 is 26.2 Å². The van der Waals surface area contributed by atoms with E-state index in [2.05, 4.69) is 363 Å². The lowest BCUT2D eigenvalue weighted by Gasteiger charge is -2.46. The summed E-state index contributed by atoms with van der Waals surface area (Å²) in [6.45, 7) is 53.0. The highest BCUT2D eigenvalue weighted by molar-refractivity contribution is 7.00. The lowest BCUT2D eigenvalue weighted by atomic mass is 9.33. The van der Waals surface area contributed by atoms with Crippen LogP contribution in [-0.2, 0) is 43.3 Å². The summed E-state index contributed by atoms with van der Waals surface area (Å²) >= 11 is 0. The average molecular weight is 1690 g/mol. The first kappa shape index (κ1) is 66.7. The van der Waals surface area contributed by atoms with E-state index < -0.39 is 125 Å². The van der Waals surface area contributed by atoms with E-state index in [9.17, 15) is 21.9 Å². The third kappa shape index (κ3) is 13.9. The summed E-state index contributed by atoms with van der Waals surface area (Å²) in [5.41, 5.74) is 22.3. The molecule has 0 unspecified atom stereocenters. The molecule has 0 saturated heterocycles. The second kappa shape index (κ2) is 29.5. The van der Waals surface area contributed by atoms with Gasteiger partial charge in [0.15, 0.2) is 0 Å². The van der Waals surface area contributed by atoms with Gasteiger partial charge in [0.1, 0.15) is 0 Å². The topological polar surface area (TPSA) is 21.3 Å². The molecule has 0 radical (unpaired) electrons. The number of anilines is 6. The lowest BCUT2D eigenvalue weighted by molar-refractivity contribution is 0.569. The second-order valence-electron chi connectivity index (χ2n) is 43.9. The number of benzene rings is 15. The van der Waals surface area contributed by atoms with Crippen molar-refractivity contribution >= 4 is 123 Å². The van der Waals surface area contributed by atoms with Crippen LogP contribution in [0.4, 0.5) is 34.1 Å². The zero-order valence-corrected chi connectivity index (χ0v) is 78.4. The van der Waals surface area contributed by atoms with Crippen LogP contribution in [0.15, 0.2) is 303 Å². The molecule has 0 spiro atoms. The van der Waals surface area contributed by atoms with Crippen LogP contribution in [-0.4, -0.2) is 20.4 Å². The highest BCUT2D eigenvalue weighted by Crippen LogP contribution is 2.57. The molecule has 0 atom stereocenters. The van der Waals surface area contributed by atoms with E-state index in [0.717, 1.165) is 144 Å². The monoisotopic (exact) mass is 1680 g/mol. The van der Waals surface area contributed by atoms with Gasteiger partial charge in [-0.15, -0.1) is 0 Å².